The van der Waals surface area contributed by atoms with E-state index < -0.39 is 34.5 Å². The number of fused-ring (bicyclic) bond motifs is 2. The number of nitrogens with zero attached hydrogens (tertiary/aromatic N) is 4. The molecule has 0 aliphatic carbocycles. The number of rotatable bonds is 8. The van der Waals surface area contributed by atoms with Crippen molar-refractivity contribution < 1.29 is 23.3 Å². The lowest BCUT2D eigenvalue weighted by Gasteiger charge is -2.11. The Hall–Kier alpha value is -5.59. The fourth-order valence-corrected chi connectivity index (χ4v) is 4.89. The Labute approximate surface area is 262 Å². The van der Waals surface area contributed by atoms with Crippen LogP contribution in [-0.4, -0.2) is 33.3 Å². The number of furan rings is 1. The summed E-state index contributed by atoms with van der Waals surface area (Å²) in [6.07, 6.45) is 1.13. The number of para-hydroxylation sites is 1. The minimum absolute atomic E-state index is 0.00817. The molecule has 0 radical (unpaired) electrons. The number of nitro groups is 1. The molecule has 0 saturated carbocycles. The van der Waals surface area contributed by atoms with E-state index in [-0.39, 0.29) is 33.3 Å². The van der Waals surface area contributed by atoms with Crippen LogP contribution < -0.4 is 15.6 Å². The number of carbonyl (C=O) groups excluding carboxylic acids is 1. The zero-order valence-electron chi connectivity index (χ0n) is 22.7. The number of aromatic nitrogens is 2. The molecule has 224 valence electrons. The summed E-state index contributed by atoms with van der Waals surface area (Å²) in [4.78, 5) is 42.0. The Morgan fingerprint density at radius 3 is 2.62 bits per heavy atom. The van der Waals surface area contributed by atoms with Gasteiger partial charge >= 0.3 is 5.69 Å². The maximum Gasteiger partial charge on any atom is 0.313 e. The number of amides is 1. The molecule has 2 heterocycles. The second-order valence-corrected chi connectivity index (χ2v) is 10.4. The minimum atomic E-state index is -0.731. The van der Waals surface area contributed by atoms with E-state index in [4.69, 9.17) is 32.4 Å². The minimum Gasteiger partial charge on any atom is -0.476 e. The lowest BCUT2D eigenvalue weighted by atomic mass is 10.2. The molecular weight excluding hydrogens is 628 g/mol. The summed E-state index contributed by atoms with van der Waals surface area (Å²) in [5.41, 5.74) is 0.0662. The first-order chi connectivity index (χ1) is 21.7. The van der Waals surface area contributed by atoms with E-state index >= 15 is 0 Å². The van der Waals surface area contributed by atoms with Gasteiger partial charge in [-0.15, -0.1) is 0 Å². The zero-order valence-corrected chi connectivity index (χ0v) is 24.3. The quantitative estimate of drug-likeness (QED) is 0.106. The second kappa shape index (κ2) is 12.2. The van der Waals surface area contributed by atoms with Crippen LogP contribution in [0.15, 0.2) is 99.2 Å². The van der Waals surface area contributed by atoms with Gasteiger partial charge in [0.2, 0.25) is 11.6 Å². The topological polar surface area (TPSA) is 142 Å². The SMILES string of the molecule is O=C(COc1c(C=Nn2c(-c3cc4cc(Cl)ccc4o3)nc3ccccc3c2=O)cc(Cl)cc1[N+](=O)[O-])Nc1ccc(F)cc1. The van der Waals surface area contributed by atoms with Crippen LogP contribution in [0.3, 0.4) is 0 Å². The van der Waals surface area contributed by atoms with Gasteiger partial charge in [0, 0.05) is 32.7 Å². The van der Waals surface area contributed by atoms with Gasteiger partial charge in [-0.25, -0.2) is 9.37 Å². The third kappa shape index (κ3) is 6.23. The molecule has 4 aromatic carbocycles. The summed E-state index contributed by atoms with van der Waals surface area (Å²) in [6.45, 7) is -0.648. The monoisotopic (exact) mass is 645 g/mol. The molecule has 0 spiro atoms. The summed E-state index contributed by atoms with van der Waals surface area (Å²) >= 11 is 12.3. The van der Waals surface area contributed by atoms with Gasteiger partial charge in [0.25, 0.3) is 11.5 Å². The van der Waals surface area contributed by atoms with E-state index in [1.54, 1.807) is 48.5 Å². The molecule has 1 amide bonds. The van der Waals surface area contributed by atoms with Crippen molar-refractivity contribution in [2.45, 2.75) is 0 Å². The Morgan fingerprint density at radius 2 is 1.84 bits per heavy atom. The van der Waals surface area contributed by atoms with Crippen LogP contribution >= 0.6 is 23.2 Å². The number of nitro benzene ring substituents is 1. The van der Waals surface area contributed by atoms with Crippen molar-refractivity contribution in [1.82, 2.24) is 9.66 Å². The van der Waals surface area contributed by atoms with Crippen molar-refractivity contribution in [3.05, 3.63) is 127 Å². The molecule has 2 aromatic heterocycles. The van der Waals surface area contributed by atoms with E-state index in [0.29, 0.717) is 27.2 Å². The van der Waals surface area contributed by atoms with Crippen molar-refractivity contribution in [2.75, 3.05) is 11.9 Å². The predicted molar refractivity (Wildman–Crippen MR) is 168 cm³/mol. The standard InChI is InChI=1S/C31H18Cl2FN5O6/c32-19-5-10-26-17(11-19)13-27(45-26)30-37-24-4-2-1-3-23(24)31(41)38(30)35-15-18-12-20(33)14-25(39(42)43)29(18)44-16-28(40)36-22-8-6-21(34)7-9-22/h1-15H,16H2,(H,36,40). The van der Waals surface area contributed by atoms with E-state index in [1.807, 2.05) is 0 Å². The molecule has 6 aromatic rings. The summed E-state index contributed by atoms with van der Waals surface area (Å²) in [7, 11) is 0. The molecule has 6 rings (SSSR count). The number of hydrogen-bond acceptors (Lipinski definition) is 8. The molecule has 0 bridgehead atoms. The van der Waals surface area contributed by atoms with Crippen LogP contribution in [0.25, 0.3) is 33.5 Å². The van der Waals surface area contributed by atoms with Gasteiger partial charge < -0.3 is 14.5 Å². The smallest absolute Gasteiger partial charge is 0.313 e. The summed E-state index contributed by atoms with van der Waals surface area (Å²) < 4.78 is 25.7. The number of benzene rings is 4. The molecule has 0 fully saturated rings. The van der Waals surface area contributed by atoms with Gasteiger partial charge in [-0.1, -0.05) is 35.3 Å². The predicted octanol–water partition coefficient (Wildman–Crippen LogP) is 7.06. The van der Waals surface area contributed by atoms with Gasteiger partial charge in [-0.3, -0.25) is 19.7 Å². The number of carbonyl (C=O) groups is 1. The molecule has 0 unspecified atom stereocenters. The highest BCUT2D eigenvalue weighted by molar-refractivity contribution is 6.31. The van der Waals surface area contributed by atoms with E-state index in [1.165, 1.54) is 18.2 Å². The molecule has 11 nitrogen and oxygen atoms in total. The molecule has 0 saturated heterocycles. The highest BCUT2D eigenvalue weighted by Crippen LogP contribution is 2.34. The van der Waals surface area contributed by atoms with Crippen molar-refractivity contribution in [1.29, 1.82) is 0 Å². The highest BCUT2D eigenvalue weighted by Gasteiger charge is 2.23. The lowest BCUT2D eigenvalue weighted by molar-refractivity contribution is -0.385. The molecule has 45 heavy (non-hydrogen) atoms. The fraction of sp³-hybridized carbons (Fsp3) is 0.0323. The van der Waals surface area contributed by atoms with Crippen LogP contribution in [0.2, 0.25) is 10.0 Å². The van der Waals surface area contributed by atoms with Crippen LogP contribution in [0.1, 0.15) is 5.56 Å². The van der Waals surface area contributed by atoms with Crippen molar-refractivity contribution >= 4 is 68.6 Å². The maximum atomic E-state index is 13.7. The van der Waals surface area contributed by atoms with Gasteiger partial charge in [-0.05, 0) is 66.7 Å². The summed E-state index contributed by atoms with van der Waals surface area (Å²) in [5.74, 6) is -1.24. The average molecular weight is 646 g/mol. The van der Waals surface area contributed by atoms with E-state index in [2.05, 4.69) is 15.4 Å². The third-order valence-corrected chi connectivity index (χ3v) is 6.95. The maximum absolute atomic E-state index is 13.7. The Balaban J connectivity index is 1.42. The van der Waals surface area contributed by atoms with Crippen molar-refractivity contribution in [2.24, 2.45) is 5.10 Å². The Bertz CT molecular complexity index is 2220. The number of halogens is 3. The van der Waals surface area contributed by atoms with Crippen LogP contribution in [0, 0.1) is 15.9 Å². The normalized spacial score (nSPS) is 11.4. The molecule has 14 heteroatoms. The molecule has 1 N–H and O–H groups in total. The molecule has 0 aliphatic rings. The fourth-order valence-electron chi connectivity index (χ4n) is 4.49. The Morgan fingerprint density at radius 1 is 1.07 bits per heavy atom. The van der Waals surface area contributed by atoms with Gasteiger partial charge in [0.15, 0.2) is 12.4 Å². The first kappa shape index (κ1) is 29.5. The van der Waals surface area contributed by atoms with Gasteiger partial charge in [0.1, 0.15) is 11.4 Å². The second-order valence-electron chi connectivity index (χ2n) is 9.55. The first-order valence-corrected chi connectivity index (χ1v) is 13.8. The number of ether oxygens (including phenoxy) is 1. The van der Waals surface area contributed by atoms with Crippen LogP contribution in [-0.2, 0) is 4.79 Å². The third-order valence-electron chi connectivity index (χ3n) is 6.50. The largest absolute Gasteiger partial charge is 0.476 e. The molecule has 0 atom stereocenters. The first-order valence-electron chi connectivity index (χ1n) is 13.1. The highest BCUT2D eigenvalue weighted by atomic mass is 35.5. The summed E-state index contributed by atoms with van der Waals surface area (Å²) in [5, 5.41) is 20.1. The Kier molecular flexibility index (Phi) is 7.98. The van der Waals surface area contributed by atoms with E-state index in [9.17, 15) is 24.1 Å². The van der Waals surface area contributed by atoms with Crippen molar-refractivity contribution in [3.63, 3.8) is 0 Å². The van der Waals surface area contributed by atoms with E-state index in [0.717, 1.165) is 29.1 Å². The average Bonchev–Trinajstić information content (AvgIpc) is 3.44. The zero-order chi connectivity index (χ0) is 31.7. The van der Waals surface area contributed by atoms with Crippen LogP contribution in [0.5, 0.6) is 5.75 Å². The number of nitrogens with one attached hydrogen (secondary N) is 1. The number of hydrogen-bond donors (Lipinski definition) is 1. The van der Waals surface area contributed by atoms with Gasteiger partial charge in [0.05, 0.1) is 22.0 Å². The van der Waals surface area contributed by atoms with Crippen LogP contribution in [0.4, 0.5) is 15.8 Å². The van der Waals surface area contributed by atoms with Gasteiger partial charge in [-0.2, -0.15) is 9.78 Å². The number of anilines is 1. The lowest BCUT2D eigenvalue weighted by Crippen LogP contribution is -2.21. The summed E-state index contributed by atoms with van der Waals surface area (Å²) in [6, 6.07) is 20.7. The molecular formula is C31H18Cl2FN5O6. The van der Waals surface area contributed by atoms with Crippen molar-refractivity contribution in [3.8, 4) is 17.3 Å². The molecule has 0 aliphatic heterocycles.